The maximum absolute atomic E-state index is 12.4. The summed E-state index contributed by atoms with van der Waals surface area (Å²) in [5, 5.41) is 12.0. The van der Waals surface area contributed by atoms with Crippen molar-refractivity contribution in [3.63, 3.8) is 0 Å². The lowest BCUT2D eigenvalue weighted by atomic mass is 10.0. The minimum absolute atomic E-state index is 0.0130. The molecule has 1 atom stereocenters. The molecule has 1 fully saturated rings. The van der Waals surface area contributed by atoms with Crippen LogP contribution < -0.4 is 5.32 Å². The van der Waals surface area contributed by atoms with Crippen molar-refractivity contribution in [2.45, 2.75) is 25.7 Å². The average molecular weight is 380 g/mol. The van der Waals surface area contributed by atoms with E-state index in [1.807, 2.05) is 31.2 Å². The quantitative estimate of drug-likeness (QED) is 0.878. The summed E-state index contributed by atoms with van der Waals surface area (Å²) in [5.41, 5.74) is 1.71. The summed E-state index contributed by atoms with van der Waals surface area (Å²) < 4.78 is 24.9. The normalized spacial score (nSPS) is 18.9. The smallest absolute Gasteiger partial charge is 0.286 e. The highest BCUT2D eigenvalue weighted by atomic mass is 32.2. The maximum atomic E-state index is 12.4. The predicted octanol–water partition coefficient (Wildman–Crippen LogP) is 2.24. The molecule has 0 unspecified atom stereocenters. The Labute approximate surface area is 151 Å². The molecule has 25 heavy (non-hydrogen) atoms. The number of hydrogen-bond acceptors (Lipinski definition) is 6. The van der Waals surface area contributed by atoms with Crippen LogP contribution in [0.1, 0.15) is 39.1 Å². The first kappa shape index (κ1) is 18.0. The third kappa shape index (κ3) is 4.23. The first-order valence-electron chi connectivity index (χ1n) is 8.00. The van der Waals surface area contributed by atoms with Gasteiger partial charge in [0.2, 0.25) is 15.0 Å². The molecule has 1 amide bonds. The van der Waals surface area contributed by atoms with Gasteiger partial charge in [-0.25, -0.2) is 12.7 Å². The van der Waals surface area contributed by atoms with Gasteiger partial charge in [0.05, 0.1) is 6.26 Å². The molecule has 2 aromatic rings. The Hall–Kier alpha value is -1.84. The molecule has 3 rings (SSSR count). The average Bonchev–Trinajstić information content (AvgIpc) is 3.06. The van der Waals surface area contributed by atoms with E-state index >= 15 is 0 Å². The van der Waals surface area contributed by atoms with Gasteiger partial charge in [0.1, 0.15) is 5.01 Å². The Kier molecular flexibility index (Phi) is 5.16. The molecule has 0 aliphatic carbocycles. The molecular formula is C16H20N4O3S2. The van der Waals surface area contributed by atoms with Crippen LogP contribution in [-0.4, -0.2) is 48.2 Å². The topological polar surface area (TPSA) is 92.3 Å². The standard InChI is InChI=1S/C16H20N4O3S2/c1-11-6-3-4-8-13(11)17-14(21)16-19-18-15(24-16)12-7-5-9-20(10-12)25(2,22)23/h3-4,6,8,12H,5,7,9-10H2,1-2H3,(H,17,21)/t12-/m0/s1. The van der Waals surface area contributed by atoms with Gasteiger partial charge in [0.25, 0.3) is 5.91 Å². The second-order valence-corrected chi connectivity index (χ2v) is 9.17. The number of amides is 1. The molecule has 1 aromatic carbocycles. The Bertz CT molecular complexity index is 879. The summed E-state index contributed by atoms with van der Waals surface area (Å²) in [6, 6.07) is 7.52. The molecule has 0 bridgehead atoms. The highest BCUT2D eigenvalue weighted by Crippen LogP contribution is 2.30. The number of anilines is 1. The zero-order chi connectivity index (χ0) is 18.0. The zero-order valence-corrected chi connectivity index (χ0v) is 15.7. The first-order valence-corrected chi connectivity index (χ1v) is 10.7. The number of aryl methyl sites for hydroxylation is 1. The fourth-order valence-corrected chi connectivity index (χ4v) is 4.60. The molecular weight excluding hydrogens is 360 g/mol. The second kappa shape index (κ2) is 7.19. The van der Waals surface area contributed by atoms with Crippen LogP contribution in [0.15, 0.2) is 24.3 Å². The van der Waals surface area contributed by atoms with Crippen molar-refractivity contribution in [2.75, 3.05) is 24.7 Å². The number of aromatic nitrogens is 2. The molecule has 1 aliphatic heterocycles. The summed E-state index contributed by atoms with van der Waals surface area (Å²) in [5.74, 6) is -0.310. The minimum Gasteiger partial charge on any atom is -0.320 e. The fraction of sp³-hybridized carbons (Fsp3) is 0.438. The van der Waals surface area contributed by atoms with Crippen LogP contribution in [0.3, 0.4) is 0 Å². The van der Waals surface area contributed by atoms with Gasteiger partial charge in [0.15, 0.2) is 0 Å². The van der Waals surface area contributed by atoms with E-state index in [1.165, 1.54) is 21.9 Å². The monoisotopic (exact) mass is 380 g/mol. The van der Waals surface area contributed by atoms with Crippen LogP contribution >= 0.6 is 11.3 Å². The largest absolute Gasteiger partial charge is 0.320 e. The lowest BCUT2D eigenvalue weighted by Gasteiger charge is -2.29. The van der Waals surface area contributed by atoms with Crippen LogP contribution in [-0.2, 0) is 10.0 Å². The van der Waals surface area contributed by atoms with E-state index in [1.54, 1.807) is 0 Å². The highest BCUT2D eigenvalue weighted by Gasteiger charge is 2.29. The van der Waals surface area contributed by atoms with Gasteiger partial charge in [-0.1, -0.05) is 29.5 Å². The Morgan fingerprint density at radius 1 is 1.32 bits per heavy atom. The number of carbonyl (C=O) groups is 1. The molecule has 0 radical (unpaired) electrons. The van der Waals surface area contributed by atoms with Crippen molar-refractivity contribution in [2.24, 2.45) is 0 Å². The van der Waals surface area contributed by atoms with E-state index < -0.39 is 10.0 Å². The summed E-state index contributed by atoms with van der Waals surface area (Å²) in [6.45, 7) is 2.85. The summed E-state index contributed by atoms with van der Waals surface area (Å²) in [6.07, 6.45) is 2.85. The fourth-order valence-electron chi connectivity index (χ4n) is 2.83. The molecule has 7 nitrogen and oxygen atoms in total. The van der Waals surface area contributed by atoms with Gasteiger partial charge in [0, 0.05) is 24.7 Å². The minimum atomic E-state index is -3.21. The predicted molar refractivity (Wildman–Crippen MR) is 97.4 cm³/mol. The van der Waals surface area contributed by atoms with Crippen molar-refractivity contribution in [1.29, 1.82) is 0 Å². The van der Waals surface area contributed by atoms with Crippen molar-refractivity contribution in [1.82, 2.24) is 14.5 Å². The summed E-state index contributed by atoms with van der Waals surface area (Å²) in [4.78, 5) is 12.4. The van der Waals surface area contributed by atoms with Crippen LogP contribution in [0, 0.1) is 6.92 Å². The zero-order valence-electron chi connectivity index (χ0n) is 14.1. The van der Waals surface area contributed by atoms with Crippen molar-refractivity contribution < 1.29 is 13.2 Å². The Balaban J connectivity index is 1.72. The van der Waals surface area contributed by atoms with Gasteiger partial charge < -0.3 is 5.32 Å². The lowest BCUT2D eigenvalue weighted by molar-refractivity contribution is 0.102. The Morgan fingerprint density at radius 2 is 2.08 bits per heavy atom. The second-order valence-electron chi connectivity index (χ2n) is 6.17. The number of para-hydroxylation sites is 1. The third-order valence-electron chi connectivity index (χ3n) is 4.23. The number of nitrogens with zero attached hydrogens (tertiary/aromatic N) is 3. The van der Waals surface area contributed by atoms with E-state index in [-0.39, 0.29) is 16.8 Å². The lowest BCUT2D eigenvalue weighted by Crippen LogP contribution is -2.38. The number of hydrogen-bond donors (Lipinski definition) is 1. The molecule has 9 heteroatoms. The van der Waals surface area contributed by atoms with E-state index in [0.29, 0.717) is 18.1 Å². The Morgan fingerprint density at radius 3 is 2.80 bits per heavy atom. The number of piperidine rings is 1. The summed E-state index contributed by atoms with van der Waals surface area (Å²) >= 11 is 1.23. The van der Waals surface area contributed by atoms with Gasteiger partial charge in [-0.2, -0.15) is 0 Å². The van der Waals surface area contributed by atoms with Crippen LogP contribution in [0.2, 0.25) is 0 Å². The maximum Gasteiger partial charge on any atom is 0.286 e. The van der Waals surface area contributed by atoms with Gasteiger partial charge in [-0.15, -0.1) is 10.2 Å². The van der Waals surface area contributed by atoms with Crippen molar-refractivity contribution in [3.8, 4) is 0 Å². The van der Waals surface area contributed by atoms with Gasteiger partial charge >= 0.3 is 0 Å². The van der Waals surface area contributed by atoms with E-state index in [2.05, 4.69) is 15.5 Å². The van der Waals surface area contributed by atoms with Crippen LogP contribution in [0.25, 0.3) is 0 Å². The number of rotatable bonds is 4. The molecule has 1 aromatic heterocycles. The van der Waals surface area contributed by atoms with Crippen LogP contribution in [0.4, 0.5) is 5.69 Å². The van der Waals surface area contributed by atoms with E-state index in [4.69, 9.17) is 0 Å². The number of sulfonamides is 1. The highest BCUT2D eigenvalue weighted by molar-refractivity contribution is 7.88. The molecule has 2 heterocycles. The van der Waals surface area contributed by atoms with E-state index in [9.17, 15) is 13.2 Å². The first-order chi connectivity index (χ1) is 11.8. The van der Waals surface area contributed by atoms with Crippen molar-refractivity contribution in [3.05, 3.63) is 39.8 Å². The van der Waals surface area contributed by atoms with Crippen molar-refractivity contribution >= 4 is 33.0 Å². The molecule has 1 saturated heterocycles. The third-order valence-corrected chi connectivity index (χ3v) is 6.58. The van der Waals surface area contributed by atoms with Crippen LogP contribution in [0.5, 0.6) is 0 Å². The number of nitrogens with one attached hydrogen (secondary N) is 1. The molecule has 134 valence electrons. The molecule has 0 saturated carbocycles. The number of benzene rings is 1. The molecule has 0 spiro atoms. The number of carbonyl (C=O) groups excluding carboxylic acids is 1. The summed E-state index contributed by atoms with van der Waals surface area (Å²) in [7, 11) is -3.21. The van der Waals surface area contributed by atoms with E-state index in [0.717, 1.165) is 24.1 Å². The van der Waals surface area contributed by atoms with Gasteiger partial charge in [-0.05, 0) is 31.4 Å². The van der Waals surface area contributed by atoms with Gasteiger partial charge in [-0.3, -0.25) is 4.79 Å². The molecule has 1 aliphatic rings. The molecule has 1 N–H and O–H groups in total. The SMILES string of the molecule is Cc1ccccc1NC(=O)c1nnc([C@H]2CCCN(S(C)(=O)=O)C2)s1.